The Bertz CT molecular complexity index is 2510. The van der Waals surface area contributed by atoms with E-state index in [1.54, 1.807) is 0 Å². The van der Waals surface area contributed by atoms with Crippen molar-refractivity contribution in [2.75, 3.05) is 11.4 Å². The van der Waals surface area contributed by atoms with Crippen LogP contribution in [0.15, 0.2) is 189 Å². The molecular formula is C47H34N2. The average Bonchev–Trinajstić information content (AvgIpc) is 3.54. The van der Waals surface area contributed by atoms with Gasteiger partial charge in [0.15, 0.2) is 0 Å². The van der Waals surface area contributed by atoms with E-state index in [2.05, 4.69) is 198 Å². The fourth-order valence-corrected chi connectivity index (χ4v) is 7.44. The number of rotatable bonds is 4. The van der Waals surface area contributed by atoms with Crippen molar-refractivity contribution in [2.24, 2.45) is 0 Å². The summed E-state index contributed by atoms with van der Waals surface area (Å²) in [5.41, 5.74) is 12.7. The van der Waals surface area contributed by atoms with Crippen LogP contribution in [0.3, 0.4) is 0 Å². The Morgan fingerprint density at radius 2 is 1.06 bits per heavy atom. The quantitative estimate of drug-likeness (QED) is 0.189. The maximum absolute atomic E-state index is 4.57. The molecule has 8 aromatic rings. The summed E-state index contributed by atoms with van der Waals surface area (Å²) in [6.45, 7) is 5.28. The lowest BCUT2D eigenvalue weighted by Crippen LogP contribution is -2.19. The van der Waals surface area contributed by atoms with E-state index in [0.29, 0.717) is 6.54 Å². The topological polar surface area (TPSA) is 8.17 Å². The third-order valence-electron chi connectivity index (χ3n) is 9.71. The van der Waals surface area contributed by atoms with E-state index >= 15 is 0 Å². The van der Waals surface area contributed by atoms with Crippen LogP contribution < -0.4 is 4.90 Å². The number of benzene rings is 7. The summed E-state index contributed by atoms with van der Waals surface area (Å²) in [4.78, 5) is 2.48. The van der Waals surface area contributed by atoms with E-state index < -0.39 is 0 Å². The summed E-state index contributed by atoms with van der Waals surface area (Å²) in [5.74, 6) is 0. The van der Waals surface area contributed by atoms with Gasteiger partial charge in [-0.2, -0.15) is 0 Å². The van der Waals surface area contributed by atoms with Crippen LogP contribution in [-0.2, 0) is 0 Å². The van der Waals surface area contributed by atoms with Gasteiger partial charge in [-0.25, -0.2) is 0 Å². The normalized spacial score (nSPS) is 14.4. The summed E-state index contributed by atoms with van der Waals surface area (Å²) in [5, 5.41) is 4.91. The van der Waals surface area contributed by atoms with Crippen molar-refractivity contribution >= 4 is 49.5 Å². The first-order chi connectivity index (χ1) is 24.2. The van der Waals surface area contributed by atoms with E-state index in [1.807, 2.05) is 0 Å². The van der Waals surface area contributed by atoms with Crippen LogP contribution in [0.2, 0.25) is 0 Å². The van der Waals surface area contributed by atoms with Crippen LogP contribution in [0.25, 0.3) is 66.1 Å². The number of allylic oxidation sites excluding steroid dienone is 4. The number of nitrogens with zero attached hydrogens (tertiary/aromatic N) is 2. The highest BCUT2D eigenvalue weighted by Crippen LogP contribution is 2.45. The molecule has 0 amide bonds. The standard InChI is InChI=1S/C47H34N2/c1-33-16-6-5-15-29-48(39-31-36(34-17-7-2-8-18-34)30-37(32-39)35-19-9-3-10-20-35)46-40(33)25-26-44-43(46)28-27-42-41-23-13-14-24-45(41)49(47(42)44)38-21-11-4-12-22-38/h2-28,30-32H,1,29H2/b15-5-,16-6-. The van der Waals surface area contributed by atoms with Crippen molar-refractivity contribution in [2.45, 2.75) is 0 Å². The summed E-state index contributed by atoms with van der Waals surface area (Å²) < 4.78 is 2.43. The van der Waals surface area contributed by atoms with E-state index in [4.69, 9.17) is 0 Å². The van der Waals surface area contributed by atoms with Gasteiger partial charge in [-0.15, -0.1) is 0 Å². The smallest absolute Gasteiger partial charge is 0.0620 e. The molecule has 0 spiro atoms. The third-order valence-corrected chi connectivity index (χ3v) is 9.71. The summed E-state index contributed by atoms with van der Waals surface area (Å²) in [6, 6.07) is 57.1. The lowest BCUT2D eigenvalue weighted by molar-refractivity contribution is 1.10. The number of hydrogen-bond donors (Lipinski definition) is 0. The Labute approximate surface area is 286 Å². The molecular weight excluding hydrogens is 593 g/mol. The van der Waals surface area contributed by atoms with Crippen molar-refractivity contribution < 1.29 is 0 Å². The first-order valence-electron chi connectivity index (χ1n) is 16.8. The molecule has 7 aromatic carbocycles. The van der Waals surface area contributed by atoms with Gasteiger partial charge in [0, 0.05) is 45.0 Å². The molecule has 2 heteroatoms. The van der Waals surface area contributed by atoms with Gasteiger partial charge in [-0.05, 0) is 64.2 Å². The average molecular weight is 627 g/mol. The maximum Gasteiger partial charge on any atom is 0.0620 e. The number of hydrogen-bond acceptors (Lipinski definition) is 1. The lowest BCUT2D eigenvalue weighted by Gasteiger charge is -2.29. The molecule has 0 saturated heterocycles. The van der Waals surface area contributed by atoms with E-state index in [0.717, 1.165) is 28.2 Å². The molecule has 232 valence electrons. The van der Waals surface area contributed by atoms with Crippen LogP contribution >= 0.6 is 0 Å². The van der Waals surface area contributed by atoms with E-state index in [-0.39, 0.29) is 0 Å². The highest BCUT2D eigenvalue weighted by Gasteiger charge is 2.23. The predicted octanol–water partition coefficient (Wildman–Crippen LogP) is 12.5. The maximum atomic E-state index is 4.57. The second-order valence-corrected chi connectivity index (χ2v) is 12.6. The van der Waals surface area contributed by atoms with Gasteiger partial charge in [0.25, 0.3) is 0 Å². The minimum Gasteiger partial charge on any atom is -0.337 e. The Morgan fingerprint density at radius 1 is 0.469 bits per heavy atom. The van der Waals surface area contributed by atoms with Crippen molar-refractivity contribution in [1.29, 1.82) is 0 Å². The third kappa shape index (κ3) is 4.97. The number of anilines is 2. The highest BCUT2D eigenvalue weighted by atomic mass is 15.1. The Morgan fingerprint density at radius 3 is 1.78 bits per heavy atom. The SMILES string of the molecule is C=C1/C=C\C=C/CN(c2cc(-c3ccccc3)cc(-c3ccccc3)c2)c2c1ccc1c2ccc2c3ccccc3n(-c3ccccc3)c12. The zero-order valence-electron chi connectivity index (χ0n) is 27.1. The molecule has 0 fully saturated rings. The molecule has 1 aliphatic heterocycles. The van der Waals surface area contributed by atoms with Crippen LogP contribution in [-0.4, -0.2) is 11.1 Å². The molecule has 1 aliphatic rings. The first kappa shape index (κ1) is 28.8. The summed E-state index contributed by atoms with van der Waals surface area (Å²) in [6.07, 6.45) is 8.61. The monoisotopic (exact) mass is 626 g/mol. The van der Waals surface area contributed by atoms with E-state index in [9.17, 15) is 0 Å². The van der Waals surface area contributed by atoms with Gasteiger partial charge in [0.1, 0.15) is 0 Å². The minimum atomic E-state index is 0.704. The minimum absolute atomic E-state index is 0.704. The van der Waals surface area contributed by atoms with Crippen LogP contribution in [0.1, 0.15) is 5.56 Å². The Balaban J connectivity index is 1.37. The van der Waals surface area contributed by atoms with Crippen molar-refractivity contribution in [3.63, 3.8) is 0 Å². The fourth-order valence-electron chi connectivity index (χ4n) is 7.44. The van der Waals surface area contributed by atoms with E-state index in [1.165, 1.54) is 54.8 Å². The summed E-state index contributed by atoms with van der Waals surface area (Å²) >= 11 is 0. The van der Waals surface area contributed by atoms with Crippen LogP contribution in [0.5, 0.6) is 0 Å². The van der Waals surface area contributed by atoms with Crippen molar-refractivity contribution in [3.05, 3.63) is 194 Å². The van der Waals surface area contributed by atoms with Gasteiger partial charge in [-0.1, -0.05) is 152 Å². The molecule has 0 atom stereocenters. The lowest BCUT2D eigenvalue weighted by atomic mass is 9.94. The van der Waals surface area contributed by atoms with Gasteiger partial charge in [0.05, 0.1) is 16.7 Å². The van der Waals surface area contributed by atoms with Gasteiger partial charge >= 0.3 is 0 Å². The molecule has 1 aromatic heterocycles. The molecule has 9 rings (SSSR count). The summed E-state index contributed by atoms with van der Waals surface area (Å²) in [7, 11) is 0. The molecule has 0 aliphatic carbocycles. The van der Waals surface area contributed by atoms with Crippen LogP contribution in [0, 0.1) is 0 Å². The number of aromatic nitrogens is 1. The van der Waals surface area contributed by atoms with Crippen LogP contribution in [0.4, 0.5) is 11.4 Å². The van der Waals surface area contributed by atoms with Gasteiger partial charge in [0.2, 0.25) is 0 Å². The molecule has 0 saturated carbocycles. The number of para-hydroxylation sites is 2. The predicted molar refractivity (Wildman–Crippen MR) is 210 cm³/mol. The Hall–Kier alpha value is -6.38. The molecule has 2 heterocycles. The van der Waals surface area contributed by atoms with Crippen molar-refractivity contribution in [3.8, 4) is 27.9 Å². The second kappa shape index (κ2) is 12.0. The highest BCUT2D eigenvalue weighted by molar-refractivity contribution is 6.21. The Kier molecular flexibility index (Phi) is 7.06. The molecule has 0 N–H and O–H groups in total. The molecule has 2 nitrogen and oxygen atoms in total. The number of fused-ring (bicyclic) bond motifs is 7. The largest absolute Gasteiger partial charge is 0.337 e. The van der Waals surface area contributed by atoms with Crippen molar-refractivity contribution in [1.82, 2.24) is 4.57 Å². The molecule has 0 bridgehead atoms. The molecule has 49 heavy (non-hydrogen) atoms. The van der Waals surface area contributed by atoms with Gasteiger partial charge < -0.3 is 9.47 Å². The molecule has 0 unspecified atom stereocenters. The second-order valence-electron chi connectivity index (χ2n) is 12.6. The zero-order valence-corrected chi connectivity index (χ0v) is 27.1. The first-order valence-corrected chi connectivity index (χ1v) is 16.8. The zero-order chi connectivity index (χ0) is 32.7. The molecule has 0 radical (unpaired) electrons. The van der Waals surface area contributed by atoms with Gasteiger partial charge in [-0.3, -0.25) is 0 Å². The fraction of sp³-hybridized carbons (Fsp3) is 0.0213.